The molecule has 0 saturated heterocycles. The number of ether oxygens (including phenoxy) is 1. The van der Waals surface area contributed by atoms with Crippen LogP contribution in [0.3, 0.4) is 0 Å². The number of sulfonamides is 1. The summed E-state index contributed by atoms with van der Waals surface area (Å²) in [5.41, 5.74) is 1.07. The number of methoxy groups -OCH3 is 1. The van der Waals surface area contributed by atoms with Crippen LogP contribution in [0.5, 0.6) is 0 Å². The van der Waals surface area contributed by atoms with E-state index in [-0.39, 0.29) is 13.1 Å². The van der Waals surface area contributed by atoms with Crippen molar-refractivity contribution in [2.24, 2.45) is 0 Å². The largest absolute Gasteiger partial charge is 0.453 e. The monoisotopic (exact) mass is 300 g/mol. The number of hydrogen-bond acceptors (Lipinski definition) is 4. The molecule has 0 saturated carbocycles. The lowest BCUT2D eigenvalue weighted by Gasteiger charge is -2.20. The quantitative estimate of drug-likeness (QED) is 0.810. The second-order valence-electron chi connectivity index (χ2n) is 4.32. The molecule has 1 rings (SSSR count). The van der Waals surface area contributed by atoms with Crippen LogP contribution in [0, 0.1) is 0 Å². The number of carbonyl (C=O) groups is 1. The van der Waals surface area contributed by atoms with Gasteiger partial charge in [0.2, 0.25) is 10.0 Å². The van der Waals surface area contributed by atoms with E-state index in [1.54, 1.807) is 0 Å². The molecule has 1 aromatic rings. The molecule has 0 aliphatic rings. The van der Waals surface area contributed by atoms with E-state index in [9.17, 15) is 13.2 Å². The van der Waals surface area contributed by atoms with Crippen molar-refractivity contribution < 1.29 is 17.9 Å². The topological polar surface area (TPSA) is 75.7 Å². The molecule has 0 bridgehead atoms. The molecule has 1 amide bonds. The molecule has 0 aromatic heterocycles. The third kappa shape index (κ3) is 6.03. The molecular weight excluding hydrogens is 280 g/mol. The number of alkyl carbamates (subject to hydrolysis) is 1. The molecule has 0 fully saturated rings. The molecule has 0 heterocycles. The summed E-state index contributed by atoms with van der Waals surface area (Å²) >= 11 is 0. The lowest BCUT2D eigenvalue weighted by atomic mass is 10.1. The summed E-state index contributed by atoms with van der Waals surface area (Å²) in [5, 5.41) is 2.47. The summed E-state index contributed by atoms with van der Waals surface area (Å²) in [4.78, 5) is 10.9. The van der Waals surface area contributed by atoms with Crippen molar-refractivity contribution in [1.82, 2.24) is 9.62 Å². The fourth-order valence-corrected chi connectivity index (χ4v) is 2.54. The number of rotatable bonds is 7. The average molecular weight is 300 g/mol. The number of benzene rings is 1. The Kier molecular flexibility index (Phi) is 6.47. The molecule has 6 nitrogen and oxygen atoms in total. The fourth-order valence-electron chi connectivity index (χ4n) is 1.70. The molecule has 0 atom stereocenters. The van der Waals surface area contributed by atoms with Gasteiger partial charge in [-0.3, -0.25) is 0 Å². The molecular formula is C13H20N2O4S. The van der Waals surface area contributed by atoms with E-state index in [4.69, 9.17) is 0 Å². The molecule has 7 heteroatoms. The van der Waals surface area contributed by atoms with Crippen molar-refractivity contribution in [3.63, 3.8) is 0 Å². The molecule has 112 valence electrons. The molecule has 20 heavy (non-hydrogen) atoms. The van der Waals surface area contributed by atoms with Crippen molar-refractivity contribution in [2.75, 3.05) is 33.0 Å². The Morgan fingerprint density at radius 2 is 1.90 bits per heavy atom. The van der Waals surface area contributed by atoms with Gasteiger partial charge in [0.25, 0.3) is 0 Å². The lowest BCUT2D eigenvalue weighted by Crippen LogP contribution is -2.39. The average Bonchev–Trinajstić information content (AvgIpc) is 2.42. The van der Waals surface area contributed by atoms with Gasteiger partial charge in [-0.15, -0.1) is 0 Å². The summed E-state index contributed by atoms with van der Waals surface area (Å²) < 4.78 is 29.1. The third-order valence-corrected chi connectivity index (χ3v) is 4.08. The molecule has 0 aliphatic heterocycles. The Balaban J connectivity index is 2.51. The van der Waals surface area contributed by atoms with E-state index < -0.39 is 16.1 Å². The van der Waals surface area contributed by atoms with Crippen LogP contribution < -0.4 is 5.32 Å². The summed E-state index contributed by atoms with van der Waals surface area (Å²) in [5.74, 6) is 0. The van der Waals surface area contributed by atoms with Crippen molar-refractivity contribution in [1.29, 1.82) is 0 Å². The maximum absolute atomic E-state index is 11.7. The van der Waals surface area contributed by atoms with E-state index in [1.165, 1.54) is 11.4 Å². The first-order valence-corrected chi connectivity index (χ1v) is 8.09. The van der Waals surface area contributed by atoms with Gasteiger partial charge in [0, 0.05) is 19.6 Å². The maximum atomic E-state index is 11.7. The van der Waals surface area contributed by atoms with Gasteiger partial charge in [-0.25, -0.2) is 17.5 Å². The van der Waals surface area contributed by atoms with Gasteiger partial charge >= 0.3 is 6.09 Å². The number of amides is 1. The standard InChI is InChI=1S/C13H20N2O4S/c1-19-13(16)14-9-11-15(20(2,17)18)10-8-12-6-4-3-5-7-12/h3-7H,8-11H2,1-2H3,(H,14,16). The summed E-state index contributed by atoms with van der Waals surface area (Å²) in [6, 6.07) is 9.65. The highest BCUT2D eigenvalue weighted by Crippen LogP contribution is 2.04. The summed E-state index contributed by atoms with van der Waals surface area (Å²) in [7, 11) is -2.04. The van der Waals surface area contributed by atoms with E-state index in [1.807, 2.05) is 30.3 Å². The van der Waals surface area contributed by atoms with Crippen LogP contribution in [-0.2, 0) is 21.2 Å². The van der Waals surface area contributed by atoms with Gasteiger partial charge in [-0.05, 0) is 12.0 Å². The SMILES string of the molecule is COC(=O)NCCN(CCc1ccccc1)S(C)(=O)=O. The normalized spacial score (nSPS) is 11.3. The summed E-state index contributed by atoms with van der Waals surface area (Å²) in [6.07, 6.45) is 1.23. The van der Waals surface area contributed by atoms with Crippen LogP contribution in [-0.4, -0.2) is 51.8 Å². The van der Waals surface area contributed by atoms with Crippen LogP contribution in [0.4, 0.5) is 4.79 Å². The number of nitrogens with zero attached hydrogens (tertiary/aromatic N) is 1. The highest BCUT2D eigenvalue weighted by Gasteiger charge is 2.16. The van der Waals surface area contributed by atoms with Gasteiger partial charge in [0.15, 0.2) is 0 Å². The second-order valence-corrected chi connectivity index (χ2v) is 6.30. The lowest BCUT2D eigenvalue weighted by molar-refractivity contribution is 0.170. The van der Waals surface area contributed by atoms with Crippen molar-refractivity contribution in [3.8, 4) is 0 Å². The van der Waals surface area contributed by atoms with Crippen molar-refractivity contribution in [2.45, 2.75) is 6.42 Å². The maximum Gasteiger partial charge on any atom is 0.406 e. The van der Waals surface area contributed by atoms with Gasteiger partial charge in [-0.2, -0.15) is 0 Å². The highest BCUT2D eigenvalue weighted by molar-refractivity contribution is 7.88. The zero-order valence-electron chi connectivity index (χ0n) is 11.7. The second kappa shape index (κ2) is 7.86. The van der Waals surface area contributed by atoms with Crippen LogP contribution in [0.1, 0.15) is 5.56 Å². The van der Waals surface area contributed by atoms with Crippen molar-refractivity contribution >= 4 is 16.1 Å². The van der Waals surface area contributed by atoms with Crippen molar-refractivity contribution in [3.05, 3.63) is 35.9 Å². The first-order valence-electron chi connectivity index (χ1n) is 6.24. The van der Waals surface area contributed by atoms with Crippen LogP contribution in [0.15, 0.2) is 30.3 Å². The van der Waals surface area contributed by atoms with E-state index >= 15 is 0 Å². The van der Waals surface area contributed by atoms with E-state index in [2.05, 4.69) is 10.1 Å². The van der Waals surface area contributed by atoms with Crippen LogP contribution in [0.25, 0.3) is 0 Å². The minimum atomic E-state index is -3.30. The van der Waals surface area contributed by atoms with E-state index in [0.29, 0.717) is 13.0 Å². The molecule has 0 radical (unpaired) electrons. The van der Waals surface area contributed by atoms with Gasteiger partial charge in [0.05, 0.1) is 13.4 Å². The molecule has 0 aliphatic carbocycles. The Labute approximate surface area is 119 Å². The number of carbonyl (C=O) groups excluding carboxylic acids is 1. The molecule has 0 unspecified atom stereocenters. The number of nitrogens with one attached hydrogen (secondary N) is 1. The minimum Gasteiger partial charge on any atom is -0.453 e. The number of hydrogen-bond donors (Lipinski definition) is 1. The Bertz CT molecular complexity index is 516. The third-order valence-electron chi connectivity index (χ3n) is 2.78. The molecule has 1 N–H and O–H groups in total. The smallest absolute Gasteiger partial charge is 0.406 e. The first kappa shape index (κ1) is 16.5. The van der Waals surface area contributed by atoms with Gasteiger partial charge in [0.1, 0.15) is 0 Å². The van der Waals surface area contributed by atoms with Crippen LogP contribution in [0.2, 0.25) is 0 Å². The molecule has 1 aromatic carbocycles. The zero-order chi connectivity index (χ0) is 15.0. The first-order chi connectivity index (χ1) is 9.43. The fraction of sp³-hybridized carbons (Fsp3) is 0.462. The predicted molar refractivity (Wildman–Crippen MR) is 77.0 cm³/mol. The van der Waals surface area contributed by atoms with E-state index in [0.717, 1.165) is 11.8 Å². The highest BCUT2D eigenvalue weighted by atomic mass is 32.2. The van der Waals surface area contributed by atoms with Gasteiger partial charge in [-0.1, -0.05) is 30.3 Å². The Morgan fingerprint density at radius 1 is 1.25 bits per heavy atom. The Hall–Kier alpha value is -1.60. The molecule has 0 spiro atoms. The zero-order valence-corrected chi connectivity index (χ0v) is 12.5. The predicted octanol–water partition coefficient (Wildman–Crippen LogP) is 0.847. The van der Waals surface area contributed by atoms with Gasteiger partial charge < -0.3 is 10.1 Å². The summed E-state index contributed by atoms with van der Waals surface area (Å²) in [6.45, 7) is 0.820. The van der Waals surface area contributed by atoms with Crippen LogP contribution >= 0.6 is 0 Å². The Morgan fingerprint density at radius 3 is 2.45 bits per heavy atom. The minimum absolute atomic E-state index is 0.217.